The zero-order chi connectivity index (χ0) is 11.5. The summed E-state index contributed by atoms with van der Waals surface area (Å²) in [6, 6.07) is 6.46. The van der Waals surface area contributed by atoms with Gasteiger partial charge in [0.2, 0.25) is 0 Å². The van der Waals surface area contributed by atoms with Crippen LogP contribution in [0.5, 0.6) is 0 Å². The summed E-state index contributed by atoms with van der Waals surface area (Å²) < 4.78 is 0. The van der Waals surface area contributed by atoms with Crippen molar-refractivity contribution in [2.45, 2.75) is 38.6 Å². The number of hydrogen-bond donors (Lipinski definition) is 1. The third-order valence-electron chi connectivity index (χ3n) is 3.38. The van der Waals surface area contributed by atoms with Crippen molar-refractivity contribution in [2.24, 2.45) is 0 Å². The minimum Gasteiger partial charge on any atom is -0.399 e. The van der Waals surface area contributed by atoms with E-state index in [4.69, 9.17) is 17.3 Å². The Kier molecular flexibility index (Phi) is 3.59. The summed E-state index contributed by atoms with van der Waals surface area (Å²) in [7, 11) is 0. The number of piperidine rings is 1. The molecule has 1 aromatic rings. The summed E-state index contributed by atoms with van der Waals surface area (Å²) in [5.41, 5.74) is 7.60. The van der Waals surface area contributed by atoms with Crippen LogP contribution in [0.2, 0.25) is 5.02 Å². The fourth-order valence-corrected chi connectivity index (χ4v) is 2.80. The van der Waals surface area contributed by atoms with E-state index in [9.17, 15) is 0 Å². The quantitative estimate of drug-likeness (QED) is 0.797. The van der Waals surface area contributed by atoms with Gasteiger partial charge in [0.1, 0.15) is 0 Å². The van der Waals surface area contributed by atoms with Crippen molar-refractivity contribution in [2.75, 3.05) is 17.2 Å². The van der Waals surface area contributed by atoms with Crippen LogP contribution in [0.3, 0.4) is 0 Å². The van der Waals surface area contributed by atoms with Crippen LogP contribution < -0.4 is 10.6 Å². The van der Waals surface area contributed by atoms with E-state index in [0.29, 0.717) is 6.04 Å². The van der Waals surface area contributed by atoms with Crippen LogP contribution >= 0.6 is 11.6 Å². The van der Waals surface area contributed by atoms with Gasteiger partial charge in [0.15, 0.2) is 0 Å². The first-order chi connectivity index (χ1) is 7.72. The molecule has 2 rings (SSSR count). The zero-order valence-corrected chi connectivity index (χ0v) is 10.5. The molecule has 16 heavy (non-hydrogen) atoms. The van der Waals surface area contributed by atoms with E-state index in [-0.39, 0.29) is 0 Å². The summed E-state index contributed by atoms with van der Waals surface area (Å²) in [4.78, 5) is 2.44. The number of nitrogen functional groups attached to an aromatic ring is 1. The number of hydrogen-bond acceptors (Lipinski definition) is 2. The summed E-state index contributed by atoms with van der Waals surface area (Å²) in [5, 5.41) is 0.778. The molecule has 0 amide bonds. The predicted molar refractivity (Wildman–Crippen MR) is 71.1 cm³/mol. The van der Waals surface area contributed by atoms with Crippen LogP contribution in [0.1, 0.15) is 32.6 Å². The Morgan fingerprint density at radius 3 is 2.94 bits per heavy atom. The molecule has 2 nitrogen and oxygen atoms in total. The normalized spacial score (nSPS) is 21.1. The fraction of sp³-hybridized carbons (Fsp3) is 0.538. The van der Waals surface area contributed by atoms with E-state index in [1.165, 1.54) is 25.7 Å². The third-order valence-corrected chi connectivity index (χ3v) is 3.68. The minimum absolute atomic E-state index is 0.634. The minimum atomic E-state index is 0.634. The molecule has 1 saturated heterocycles. The van der Waals surface area contributed by atoms with Crippen molar-refractivity contribution in [1.29, 1.82) is 0 Å². The van der Waals surface area contributed by atoms with Gasteiger partial charge in [-0.2, -0.15) is 0 Å². The number of nitrogens with zero attached hydrogens (tertiary/aromatic N) is 1. The number of benzene rings is 1. The molecule has 0 aromatic heterocycles. The Balaban J connectivity index is 2.27. The first-order valence-corrected chi connectivity index (χ1v) is 6.42. The monoisotopic (exact) mass is 238 g/mol. The van der Waals surface area contributed by atoms with Crippen molar-refractivity contribution in [3.05, 3.63) is 23.2 Å². The topological polar surface area (TPSA) is 29.3 Å². The van der Waals surface area contributed by atoms with Crippen molar-refractivity contribution in [3.8, 4) is 0 Å². The van der Waals surface area contributed by atoms with Crippen molar-refractivity contribution in [1.82, 2.24) is 0 Å². The van der Waals surface area contributed by atoms with E-state index in [2.05, 4.69) is 11.8 Å². The van der Waals surface area contributed by atoms with Crippen LogP contribution in [0, 0.1) is 0 Å². The van der Waals surface area contributed by atoms with Crippen LogP contribution in [0.15, 0.2) is 18.2 Å². The predicted octanol–water partition coefficient (Wildman–Crippen LogP) is 3.69. The average Bonchev–Trinajstić information content (AvgIpc) is 2.29. The maximum Gasteiger partial charge on any atom is 0.0660 e. The van der Waals surface area contributed by atoms with Gasteiger partial charge in [0, 0.05) is 18.3 Å². The Morgan fingerprint density at radius 2 is 2.25 bits per heavy atom. The molecule has 3 heteroatoms. The molecule has 0 unspecified atom stereocenters. The molecular formula is C13H19ClN2. The highest BCUT2D eigenvalue weighted by Crippen LogP contribution is 2.33. The maximum absolute atomic E-state index is 6.26. The van der Waals surface area contributed by atoms with Crippen LogP contribution in [-0.4, -0.2) is 12.6 Å². The van der Waals surface area contributed by atoms with Crippen molar-refractivity contribution < 1.29 is 0 Å². The number of rotatable bonds is 2. The SMILES string of the molecule is CC[C@H]1CCCCN1c1ccc(N)cc1Cl. The largest absolute Gasteiger partial charge is 0.399 e. The van der Waals surface area contributed by atoms with Gasteiger partial charge < -0.3 is 10.6 Å². The molecule has 0 spiro atoms. The molecular weight excluding hydrogens is 220 g/mol. The van der Waals surface area contributed by atoms with Crippen molar-refractivity contribution in [3.63, 3.8) is 0 Å². The Bertz CT molecular complexity index is 365. The first-order valence-electron chi connectivity index (χ1n) is 6.04. The van der Waals surface area contributed by atoms with Crippen LogP contribution in [0.4, 0.5) is 11.4 Å². The lowest BCUT2D eigenvalue weighted by Crippen LogP contribution is -2.39. The molecule has 1 atom stereocenters. The molecule has 1 aliphatic heterocycles. The highest BCUT2D eigenvalue weighted by Gasteiger charge is 2.22. The second-order valence-corrected chi connectivity index (χ2v) is 4.87. The summed E-state index contributed by atoms with van der Waals surface area (Å²) >= 11 is 6.26. The van der Waals surface area contributed by atoms with Gasteiger partial charge in [0.05, 0.1) is 10.7 Å². The Labute approximate surface area is 102 Å². The summed E-state index contributed by atoms with van der Waals surface area (Å²) in [5.74, 6) is 0. The van der Waals surface area contributed by atoms with Gasteiger partial charge in [-0.1, -0.05) is 18.5 Å². The summed E-state index contributed by atoms with van der Waals surface area (Å²) in [6.45, 7) is 3.36. The van der Waals surface area contributed by atoms with Gasteiger partial charge in [-0.05, 0) is 43.9 Å². The van der Waals surface area contributed by atoms with E-state index in [1.54, 1.807) is 0 Å². The van der Waals surface area contributed by atoms with Gasteiger partial charge in [0.25, 0.3) is 0 Å². The molecule has 2 N–H and O–H groups in total. The van der Waals surface area contributed by atoms with Crippen molar-refractivity contribution >= 4 is 23.0 Å². The smallest absolute Gasteiger partial charge is 0.0660 e. The summed E-state index contributed by atoms with van der Waals surface area (Å²) in [6.07, 6.45) is 5.05. The zero-order valence-electron chi connectivity index (χ0n) is 9.75. The number of anilines is 2. The lowest BCUT2D eigenvalue weighted by molar-refractivity contribution is 0.450. The number of nitrogens with two attached hydrogens (primary N) is 1. The second-order valence-electron chi connectivity index (χ2n) is 4.46. The average molecular weight is 239 g/mol. The molecule has 1 aliphatic rings. The lowest BCUT2D eigenvalue weighted by Gasteiger charge is -2.37. The molecule has 0 radical (unpaired) electrons. The van der Waals surface area contributed by atoms with E-state index in [1.807, 2.05) is 18.2 Å². The molecule has 0 bridgehead atoms. The second kappa shape index (κ2) is 4.96. The number of halogens is 1. The highest BCUT2D eigenvalue weighted by molar-refractivity contribution is 6.33. The Morgan fingerprint density at radius 1 is 1.44 bits per heavy atom. The Hall–Kier alpha value is -0.890. The molecule has 0 aliphatic carbocycles. The van der Waals surface area contributed by atoms with Gasteiger partial charge in [-0.25, -0.2) is 0 Å². The fourth-order valence-electron chi connectivity index (χ4n) is 2.50. The van der Waals surface area contributed by atoms with E-state index >= 15 is 0 Å². The molecule has 88 valence electrons. The first kappa shape index (κ1) is 11.6. The lowest BCUT2D eigenvalue weighted by atomic mass is 9.99. The molecule has 1 fully saturated rings. The standard InChI is InChI=1S/C13H19ClN2/c1-2-11-5-3-4-8-16(11)13-7-6-10(15)9-12(13)14/h6-7,9,11H,2-5,8,15H2,1H3/t11-/m0/s1. The molecule has 0 saturated carbocycles. The van der Waals surface area contributed by atoms with Gasteiger partial charge in [-0.3, -0.25) is 0 Å². The maximum atomic E-state index is 6.26. The van der Waals surface area contributed by atoms with Gasteiger partial charge in [-0.15, -0.1) is 0 Å². The van der Waals surface area contributed by atoms with E-state index in [0.717, 1.165) is 22.9 Å². The molecule has 1 heterocycles. The highest BCUT2D eigenvalue weighted by atomic mass is 35.5. The van der Waals surface area contributed by atoms with Crippen LogP contribution in [0.25, 0.3) is 0 Å². The van der Waals surface area contributed by atoms with E-state index < -0.39 is 0 Å². The van der Waals surface area contributed by atoms with Crippen LogP contribution in [-0.2, 0) is 0 Å². The van der Waals surface area contributed by atoms with Gasteiger partial charge >= 0.3 is 0 Å². The molecule has 1 aromatic carbocycles. The third kappa shape index (κ3) is 2.27.